The maximum atomic E-state index is 12.8. The van der Waals surface area contributed by atoms with E-state index < -0.39 is 0 Å². The van der Waals surface area contributed by atoms with Gasteiger partial charge in [-0.3, -0.25) is 14.6 Å². The first kappa shape index (κ1) is 18.5. The summed E-state index contributed by atoms with van der Waals surface area (Å²) >= 11 is 0. The van der Waals surface area contributed by atoms with Gasteiger partial charge in [0.1, 0.15) is 0 Å². The first-order chi connectivity index (χ1) is 13.0. The predicted octanol–water partition coefficient (Wildman–Crippen LogP) is 3.41. The van der Waals surface area contributed by atoms with Crippen molar-refractivity contribution in [3.05, 3.63) is 30.1 Å². The summed E-state index contributed by atoms with van der Waals surface area (Å²) in [5, 5.41) is 3.13. The number of nitrogens with zero attached hydrogens (tertiary/aromatic N) is 2. The predicted molar refractivity (Wildman–Crippen MR) is 104 cm³/mol. The van der Waals surface area contributed by atoms with Crippen molar-refractivity contribution in [3.8, 4) is 0 Å². The van der Waals surface area contributed by atoms with Gasteiger partial charge in [0.05, 0.1) is 5.56 Å². The molecule has 0 aromatic carbocycles. The number of pyridine rings is 1. The van der Waals surface area contributed by atoms with Crippen LogP contribution in [-0.4, -0.2) is 40.8 Å². The van der Waals surface area contributed by atoms with Crippen LogP contribution in [0.1, 0.15) is 68.6 Å². The minimum Gasteiger partial charge on any atom is -0.349 e. The van der Waals surface area contributed by atoms with Crippen molar-refractivity contribution in [3.63, 3.8) is 0 Å². The lowest BCUT2D eigenvalue weighted by molar-refractivity contribution is -0.140. The highest BCUT2D eigenvalue weighted by Crippen LogP contribution is 2.49. The molecule has 3 fully saturated rings. The monoisotopic (exact) mass is 369 g/mol. The van der Waals surface area contributed by atoms with Crippen LogP contribution in [0.4, 0.5) is 0 Å². The molecule has 2 amide bonds. The van der Waals surface area contributed by atoms with Crippen LogP contribution in [0.5, 0.6) is 0 Å². The lowest BCUT2D eigenvalue weighted by Gasteiger charge is -2.52. The average Bonchev–Trinajstić information content (AvgIpc) is 2.68. The summed E-state index contributed by atoms with van der Waals surface area (Å²) in [6.07, 6.45) is 12.1. The second-order valence-corrected chi connectivity index (χ2v) is 9.10. The Bertz CT molecular complexity index is 666. The molecule has 0 bridgehead atoms. The fourth-order valence-electron chi connectivity index (χ4n) is 5.23. The lowest BCUT2D eigenvalue weighted by Crippen LogP contribution is -2.56. The van der Waals surface area contributed by atoms with E-state index in [1.54, 1.807) is 24.5 Å². The third kappa shape index (κ3) is 4.02. The summed E-state index contributed by atoms with van der Waals surface area (Å²) in [5.74, 6) is 1.43. The Morgan fingerprint density at radius 3 is 2.48 bits per heavy atom. The van der Waals surface area contributed by atoms with Crippen molar-refractivity contribution >= 4 is 11.8 Å². The molecule has 2 heterocycles. The Balaban J connectivity index is 1.22. The van der Waals surface area contributed by atoms with E-state index in [0.29, 0.717) is 16.9 Å². The van der Waals surface area contributed by atoms with Gasteiger partial charge in [-0.05, 0) is 74.8 Å². The van der Waals surface area contributed by atoms with Crippen LogP contribution in [0, 0.1) is 17.3 Å². The smallest absolute Gasteiger partial charge is 0.253 e. The molecule has 5 heteroatoms. The van der Waals surface area contributed by atoms with Gasteiger partial charge in [0, 0.05) is 37.4 Å². The summed E-state index contributed by atoms with van der Waals surface area (Å²) in [6.45, 7) is 4.09. The normalized spacial score (nSPS) is 27.8. The van der Waals surface area contributed by atoms with Crippen molar-refractivity contribution in [2.45, 2.75) is 64.3 Å². The molecule has 0 atom stereocenters. The van der Waals surface area contributed by atoms with Crippen molar-refractivity contribution in [2.24, 2.45) is 17.3 Å². The largest absolute Gasteiger partial charge is 0.349 e. The van der Waals surface area contributed by atoms with Crippen molar-refractivity contribution in [1.29, 1.82) is 0 Å². The molecule has 5 nitrogen and oxygen atoms in total. The molecular formula is C22H31N3O2. The van der Waals surface area contributed by atoms with Gasteiger partial charge in [-0.1, -0.05) is 6.92 Å². The minimum absolute atomic E-state index is 0.0258. The van der Waals surface area contributed by atoms with Crippen LogP contribution >= 0.6 is 0 Å². The molecule has 27 heavy (non-hydrogen) atoms. The van der Waals surface area contributed by atoms with Gasteiger partial charge in [-0.2, -0.15) is 0 Å². The van der Waals surface area contributed by atoms with E-state index in [2.05, 4.69) is 22.1 Å². The quantitative estimate of drug-likeness (QED) is 0.888. The Kier molecular flexibility index (Phi) is 5.20. The third-order valence-corrected chi connectivity index (χ3v) is 7.12. The van der Waals surface area contributed by atoms with Crippen LogP contribution < -0.4 is 5.32 Å². The molecule has 0 radical (unpaired) electrons. The van der Waals surface area contributed by atoms with Crippen molar-refractivity contribution in [1.82, 2.24) is 15.2 Å². The number of nitrogens with one attached hydrogen (secondary N) is 1. The third-order valence-electron chi connectivity index (χ3n) is 7.12. The highest BCUT2D eigenvalue weighted by atomic mass is 16.2. The zero-order valence-electron chi connectivity index (χ0n) is 16.3. The van der Waals surface area contributed by atoms with E-state index in [4.69, 9.17) is 0 Å². The molecule has 1 aromatic rings. The fourth-order valence-corrected chi connectivity index (χ4v) is 5.23. The number of hydrogen-bond acceptors (Lipinski definition) is 3. The zero-order chi connectivity index (χ0) is 18.9. The van der Waals surface area contributed by atoms with Gasteiger partial charge in [-0.15, -0.1) is 0 Å². The van der Waals surface area contributed by atoms with E-state index in [1.165, 1.54) is 12.8 Å². The summed E-state index contributed by atoms with van der Waals surface area (Å²) < 4.78 is 0. The van der Waals surface area contributed by atoms with Crippen LogP contribution in [0.25, 0.3) is 0 Å². The van der Waals surface area contributed by atoms with Gasteiger partial charge in [-0.25, -0.2) is 0 Å². The number of rotatable bonds is 3. The van der Waals surface area contributed by atoms with Crippen molar-refractivity contribution < 1.29 is 9.59 Å². The van der Waals surface area contributed by atoms with E-state index in [-0.39, 0.29) is 17.9 Å². The number of carbonyl (C=O) groups is 2. The topological polar surface area (TPSA) is 62.3 Å². The second kappa shape index (κ2) is 7.61. The molecule has 1 aromatic heterocycles. The molecule has 4 rings (SSSR count). The summed E-state index contributed by atoms with van der Waals surface area (Å²) in [6, 6.07) is 3.85. The zero-order valence-corrected chi connectivity index (χ0v) is 16.3. The number of hydrogen-bond donors (Lipinski definition) is 1. The molecule has 1 aliphatic heterocycles. The second-order valence-electron chi connectivity index (χ2n) is 9.10. The summed E-state index contributed by atoms with van der Waals surface area (Å²) in [4.78, 5) is 31.2. The lowest BCUT2D eigenvalue weighted by atomic mass is 9.60. The fraction of sp³-hybridized carbons (Fsp3) is 0.682. The molecule has 0 unspecified atom stereocenters. The molecular weight excluding hydrogens is 338 g/mol. The van der Waals surface area contributed by atoms with Crippen LogP contribution in [-0.2, 0) is 4.79 Å². The number of likely N-dealkylation sites (tertiary alicyclic amines) is 1. The standard InChI is InChI=1S/C22H31N3O2/c1-16-4-6-17(7-5-16)21(27)25-11-8-22(9-12-25)13-19(14-22)24-20(26)18-3-2-10-23-15-18/h2-3,10,15-17,19H,4-9,11-14H2,1H3,(H,24,26). The Labute approximate surface area is 161 Å². The van der Waals surface area contributed by atoms with Crippen molar-refractivity contribution in [2.75, 3.05) is 13.1 Å². The van der Waals surface area contributed by atoms with Crippen LogP contribution in [0.15, 0.2) is 24.5 Å². The first-order valence-electron chi connectivity index (χ1n) is 10.5. The minimum atomic E-state index is -0.0258. The molecule has 1 N–H and O–H groups in total. The van der Waals surface area contributed by atoms with E-state index >= 15 is 0 Å². The van der Waals surface area contributed by atoms with Crippen LogP contribution in [0.2, 0.25) is 0 Å². The maximum absolute atomic E-state index is 12.8. The first-order valence-corrected chi connectivity index (χ1v) is 10.5. The number of aromatic nitrogens is 1. The molecule has 2 aliphatic carbocycles. The molecule has 146 valence electrons. The number of carbonyl (C=O) groups excluding carboxylic acids is 2. The van der Waals surface area contributed by atoms with Gasteiger partial charge in [0.15, 0.2) is 0 Å². The Morgan fingerprint density at radius 1 is 1.15 bits per heavy atom. The highest BCUT2D eigenvalue weighted by Gasteiger charge is 2.47. The number of amides is 2. The Hall–Kier alpha value is -1.91. The van der Waals surface area contributed by atoms with E-state index in [0.717, 1.165) is 57.5 Å². The van der Waals surface area contributed by atoms with E-state index in [1.807, 2.05) is 0 Å². The molecule has 2 saturated carbocycles. The summed E-state index contributed by atoms with van der Waals surface area (Å²) in [7, 11) is 0. The molecule has 1 spiro atoms. The van der Waals surface area contributed by atoms with Crippen LogP contribution in [0.3, 0.4) is 0 Å². The Morgan fingerprint density at radius 2 is 1.85 bits per heavy atom. The SMILES string of the molecule is CC1CCC(C(=O)N2CCC3(CC2)CC(NC(=O)c2cccnc2)C3)CC1. The molecule has 1 saturated heterocycles. The summed E-state index contributed by atoms with van der Waals surface area (Å²) in [5.41, 5.74) is 0.964. The average molecular weight is 370 g/mol. The maximum Gasteiger partial charge on any atom is 0.253 e. The van der Waals surface area contributed by atoms with Gasteiger partial charge >= 0.3 is 0 Å². The molecule has 3 aliphatic rings. The highest BCUT2D eigenvalue weighted by molar-refractivity contribution is 5.94. The van der Waals surface area contributed by atoms with Gasteiger partial charge in [0.2, 0.25) is 5.91 Å². The number of piperidine rings is 1. The van der Waals surface area contributed by atoms with Gasteiger partial charge in [0.25, 0.3) is 5.91 Å². The van der Waals surface area contributed by atoms with E-state index in [9.17, 15) is 9.59 Å². The van der Waals surface area contributed by atoms with Gasteiger partial charge < -0.3 is 10.2 Å².